The molecular formula is C36H43ClN4O5. The van der Waals surface area contributed by atoms with Crippen molar-refractivity contribution in [2.24, 2.45) is 22.9 Å². The van der Waals surface area contributed by atoms with Crippen LogP contribution < -0.4 is 4.74 Å². The zero-order valence-electron chi connectivity index (χ0n) is 27.1. The Hall–Kier alpha value is -4.21. The molecule has 1 aromatic heterocycles. The van der Waals surface area contributed by atoms with Crippen molar-refractivity contribution in [2.45, 2.75) is 58.8 Å². The third-order valence-electron chi connectivity index (χ3n) is 8.57. The van der Waals surface area contributed by atoms with E-state index in [4.69, 9.17) is 25.9 Å². The summed E-state index contributed by atoms with van der Waals surface area (Å²) in [6.07, 6.45) is 6.17. The van der Waals surface area contributed by atoms with Crippen molar-refractivity contribution in [3.05, 3.63) is 113 Å². The van der Waals surface area contributed by atoms with E-state index in [-0.39, 0.29) is 17.5 Å². The number of ether oxygens (including phenoxy) is 2. The number of esters is 1. The minimum Gasteiger partial charge on any atom is -0.489 e. The Morgan fingerprint density at radius 3 is 2.43 bits per heavy atom. The predicted molar refractivity (Wildman–Crippen MR) is 179 cm³/mol. The molecule has 3 aromatic carbocycles. The van der Waals surface area contributed by atoms with Crippen molar-refractivity contribution in [1.29, 1.82) is 0 Å². The normalized spacial score (nSPS) is 19.3. The van der Waals surface area contributed by atoms with Crippen molar-refractivity contribution in [1.82, 2.24) is 14.8 Å². The van der Waals surface area contributed by atoms with Gasteiger partial charge in [0.2, 0.25) is 0 Å². The minimum absolute atomic E-state index is 0.110. The second-order valence-corrected chi connectivity index (χ2v) is 12.3. The van der Waals surface area contributed by atoms with Gasteiger partial charge in [-0.3, -0.25) is 4.68 Å². The van der Waals surface area contributed by atoms with Gasteiger partial charge in [-0.15, -0.1) is 0 Å². The second-order valence-electron chi connectivity index (χ2n) is 11.9. The number of rotatable bonds is 11. The van der Waals surface area contributed by atoms with E-state index in [1.165, 1.54) is 26.1 Å². The topological polar surface area (TPSA) is 108 Å². The van der Waals surface area contributed by atoms with Crippen LogP contribution in [0.15, 0.2) is 90.6 Å². The van der Waals surface area contributed by atoms with Crippen molar-refractivity contribution < 1.29 is 24.2 Å². The first-order valence-corrected chi connectivity index (χ1v) is 15.8. The molecule has 10 heteroatoms. The summed E-state index contributed by atoms with van der Waals surface area (Å²) in [7, 11) is 2.69. The van der Waals surface area contributed by atoms with Crippen molar-refractivity contribution >= 4 is 23.3 Å². The molecule has 0 spiro atoms. The average molecular weight is 647 g/mol. The first kappa shape index (κ1) is 34.7. The van der Waals surface area contributed by atoms with Crippen LogP contribution in [-0.4, -0.2) is 51.4 Å². The number of halogens is 1. The average Bonchev–Trinajstić information content (AvgIpc) is 3.68. The highest BCUT2D eigenvalue weighted by atomic mass is 35.5. The molecule has 0 radical (unpaired) electrons. The van der Waals surface area contributed by atoms with Crippen LogP contribution in [0.1, 0.15) is 48.9 Å². The number of aromatic nitrogens is 3. The van der Waals surface area contributed by atoms with Gasteiger partial charge in [-0.2, -0.15) is 5.10 Å². The zero-order chi connectivity index (χ0) is 33.1. The molecule has 0 aliphatic heterocycles. The number of carbonyl (C=O) groups excluding carboxylic acids is 1. The standard InChI is InChI=1S/C18H24ClN3O.C18H19NO4/c1-13(2)17-8-5-15(9-14-3-6-16(19)7-4-14)18(17,23)10-22-12-20-11-21-22;1-13-8-4-7-11-16(13)23-12-14-9-5-6-10-15(14)17(19-22-3)18(20)21-2/h3-4,6-7,11-13,15,17,23H,5,8-10H2,1-2H3;4-11H,12H2,1-3H3/b;19-17+. The van der Waals surface area contributed by atoms with E-state index in [2.05, 4.69) is 41.2 Å². The lowest BCUT2D eigenvalue weighted by molar-refractivity contribution is -0.132. The SMILES string of the molecule is CC(C)C1CCC(Cc2ccc(Cl)cc2)C1(O)Cn1cncn1.CO/N=C(/C(=O)OC)c1ccccc1COc1ccccc1C. The van der Waals surface area contributed by atoms with Gasteiger partial charge in [0, 0.05) is 10.6 Å². The number of para-hydroxylation sites is 1. The summed E-state index contributed by atoms with van der Waals surface area (Å²) in [4.78, 5) is 20.7. The summed E-state index contributed by atoms with van der Waals surface area (Å²) in [6, 6.07) is 23.1. The fourth-order valence-electron chi connectivity index (χ4n) is 6.23. The summed E-state index contributed by atoms with van der Waals surface area (Å²) in [5.41, 5.74) is 3.07. The van der Waals surface area contributed by atoms with Gasteiger partial charge in [0.25, 0.3) is 0 Å². The Kier molecular flexibility index (Phi) is 12.3. The van der Waals surface area contributed by atoms with Crippen LogP contribution in [0.25, 0.3) is 0 Å². The number of nitrogens with zero attached hydrogens (tertiary/aromatic N) is 4. The van der Waals surface area contributed by atoms with Crippen LogP contribution >= 0.6 is 11.6 Å². The Labute approximate surface area is 276 Å². The van der Waals surface area contributed by atoms with Gasteiger partial charge in [0.1, 0.15) is 32.1 Å². The maximum atomic E-state index is 11.9. The van der Waals surface area contributed by atoms with Gasteiger partial charge >= 0.3 is 5.97 Å². The second kappa shape index (κ2) is 16.4. The highest BCUT2D eigenvalue weighted by molar-refractivity contribution is 6.43. The number of benzene rings is 3. The van der Waals surface area contributed by atoms with E-state index in [9.17, 15) is 9.90 Å². The van der Waals surface area contributed by atoms with Crippen molar-refractivity contribution in [3.63, 3.8) is 0 Å². The maximum Gasteiger partial charge on any atom is 0.360 e. The number of hydrogen-bond acceptors (Lipinski definition) is 8. The Morgan fingerprint density at radius 2 is 1.78 bits per heavy atom. The monoisotopic (exact) mass is 646 g/mol. The van der Waals surface area contributed by atoms with Gasteiger partial charge < -0.3 is 19.4 Å². The number of aliphatic hydroxyl groups is 1. The first-order chi connectivity index (χ1) is 22.2. The Balaban J connectivity index is 0.000000209. The summed E-state index contributed by atoms with van der Waals surface area (Å²) >= 11 is 5.98. The molecule has 3 unspecified atom stereocenters. The van der Waals surface area contributed by atoms with Gasteiger partial charge in [-0.25, -0.2) is 9.78 Å². The fraction of sp³-hybridized carbons (Fsp3) is 0.389. The van der Waals surface area contributed by atoms with E-state index in [0.717, 1.165) is 41.2 Å². The Morgan fingerprint density at radius 1 is 1.07 bits per heavy atom. The van der Waals surface area contributed by atoms with Gasteiger partial charge in [-0.1, -0.05) is 85.2 Å². The lowest BCUT2D eigenvalue weighted by Gasteiger charge is -2.37. The van der Waals surface area contributed by atoms with E-state index in [1.54, 1.807) is 17.1 Å². The predicted octanol–water partition coefficient (Wildman–Crippen LogP) is 6.69. The molecular weight excluding hydrogens is 604 g/mol. The first-order valence-electron chi connectivity index (χ1n) is 15.4. The van der Waals surface area contributed by atoms with Crippen molar-refractivity contribution in [2.75, 3.05) is 14.2 Å². The molecule has 1 aliphatic rings. The molecule has 5 rings (SSSR count). The highest BCUT2D eigenvalue weighted by Gasteiger charge is 2.50. The number of aryl methyl sites for hydroxylation is 1. The molecule has 0 bridgehead atoms. The van der Waals surface area contributed by atoms with Crippen LogP contribution in [0.2, 0.25) is 5.02 Å². The number of hydrogen-bond donors (Lipinski definition) is 1. The zero-order valence-corrected chi connectivity index (χ0v) is 27.9. The van der Waals surface area contributed by atoms with Crippen molar-refractivity contribution in [3.8, 4) is 5.75 Å². The molecule has 244 valence electrons. The smallest absolute Gasteiger partial charge is 0.360 e. The van der Waals surface area contributed by atoms with Crippen LogP contribution in [0, 0.1) is 24.7 Å². The number of oxime groups is 1. The van der Waals surface area contributed by atoms with E-state index >= 15 is 0 Å². The highest BCUT2D eigenvalue weighted by Crippen LogP contribution is 2.46. The van der Waals surface area contributed by atoms with E-state index in [1.807, 2.05) is 61.5 Å². The van der Waals surface area contributed by atoms with Gasteiger partial charge in [-0.05, 0) is 78.8 Å². The molecule has 1 aliphatic carbocycles. The summed E-state index contributed by atoms with van der Waals surface area (Å²) < 4.78 is 12.4. The molecule has 1 fully saturated rings. The van der Waals surface area contributed by atoms with Crippen LogP contribution in [0.3, 0.4) is 0 Å². The third-order valence-corrected chi connectivity index (χ3v) is 8.82. The molecule has 46 heavy (non-hydrogen) atoms. The fourth-order valence-corrected chi connectivity index (χ4v) is 6.36. The van der Waals surface area contributed by atoms with Crippen LogP contribution in [0.5, 0.6) is 5.75 Å². The molecule has 4 aromatic rings. The molecule has 3 atom stereocenters. The van der Waals surface area contributed by atoms with Gasteiger partial charge in [0.05, 0.1) is 19.3 Å². The third kappa shape index (κ3) is 8.73. The van der Waals surface area contributed by atoms with Gasteiger partial charge in [0.15, 0.2) is 5.71 Å². The molecule has 9 nitrogen and oxygen atoms in total. The quantitative estimate of drug-likeness (QED) is 0.110. The summed E-state index contributed by atoms with van der Waals surface area (Å²) in [5, 5.41) is 20.3. The summed E-state index contributed by atoms with van der Waals surface area (Å²) in [5.74, 6) is 1.18. The lowest BCUT2D eigenvalue weighted by Crippen LogP contribution is -2.46. The molecule has 0 amide bonds. The van der Waals surface area contributed by atoms with E-state index < -0.39 is 11.6 Å². The molecule has 0 saturated heterocycles. The largest absolute Gasteiger partial charge is 0.489 e. The number of carbonyl (C=O) groups is 1. The maximum absolute atomic E-state index is 11.9. The Bertz CT molecular complexity index is 1580. The summed E-state index contributed by atoms with van der Waals surface area (Å²) in [6.45, 7) is 7.19. The number of methoxy groups -OCH3 is 1. The molecule has 1 N–H and O–H groups in total. The molecule has 1 saturated carbocycles. The lowest BCUT2D eigenvalue weighted by atomic mass is 9.76. The minimum atomic E-state index is -0.749. The van der Waals surface area contributed by atoms with Crippen LogP contribution in [0.4, 0.5) is 0 Å². The molecule has 1 heterocycles. The van der Waals surface area contributed by atoms with Crippen LogP contribution in [-0.2, 0) is 33.9 Å². The van der Waals surface area contributed by atoms with E-state index in [0.29, 0.717) is 24.6 Å².